The van der Waals surface area contributed by atoms with Crippen molar-refractivity contribution < 1.29 is 23.8 Å². The molecular weight excluding hydrogens is 531 g/mol. The largest absolute Gasteiger partial charge is 0.396 e. The summed E-state index contributed by atoms with van der Waals surface area (Å²) >= 11 is 0. The maximum atomic E-state index is 15.5. The topological polar surface area (TPSA) is 70.1 Å². The molecule has 1 fully saturated rings. The monoisotopic (exact) mass is 564 g/mol. The van der Waals surface area contributed by atoms with Crippen molar-refractivity contribution in [3.63, 3.8) is 0 Å². The molecule has 0 unspecified atom stereocenters. The molecule has 4 aromatic carbocycles. The number of hydrogen-bond donors (Lipinski definition) is 1. The molecule has 3 aliphatic rings. The van der Waals surface area contributed by atoms with E-state index in [2.05, 4.69) is 0 Å². The lowest BCUT2D eigenvalue weighted by Gasteiger charge is -2.32. The van der Waals surface area contributed by atoms with Crippen molar-refractivity contribution in [3.05, 3.63) is 102 Å². The quantitative estimate of drug-likeness (QED) is 0.285. The molecular formula is C35H33FN2O4. The normalized spacial score (nSPS) is 24.8. The molecule has 0 aromatic heterocycles. The third-order valence-electron chi connectivity index (χ3n) is 9.37. The molecule has 1 saturated heterocycles. The van der Waals surface area contributed by atoms with E-state index in [0.29, 0.717) is 12.1 Å². The first-order chi connectivity index (χ1) is 20.2. The highest BCUT2D eigenvalue weighted by Gasteiger charge is 2.65. The first-order valence-electron chi connectivity index (χ1n) is 14.5. The van der Waals surface area contributed by atoms with E-state index in [-0.39, 0.29) is 24.8 Å². The molecule has 4 atom stereocenters. The number of anilines is 3. The standard InChI is InChI=1S/C35H33FN2O4/c1-21-31(34(2,3)36)29(18-19-39)42-35(21)26-11-4-5-12-27(26)37(33(35)41)20-22-14-16-24(17-15-22)38-28-13-7-9-23-8-6-10-25(30(23)28)32(38)40/h4-17,21,29,31,39H,18-20H2,1-3H3/t21-,29+,31-,35+/m1/s1. The van der Waals surface area contributed by atoms with Crippen molar-refractivity contribution in [1.29, 1.82) is 0 Å². The molecule has 1 N–H and O–H groups in total. The fourth-order valence-corrected chi connectivity index (χ4v) is 7.66. The fourth-order valence-electron chi connectivity index (χ4n) is 7.66. The first kappa shape index (κ1) is 26.8. The van der Waals surface area contributed by atoms with E-state index in [1.165, 1.54) is 13.8 Å². The van der Waals surface area contributed by atoms with E-state index in [9.17, 15) is 14.7 Å². The number of amides is 2. The smallest absolute Gasteiger partial charge is 0.264 e. The van der Waals surface area contributed by atoms with Crippen LogP contribution < -0.4 is 9.80 Å². The molecule has 7 heteroatoms. The molecule has 0 aliphatic carbocycles. The van der Waals surface area contributed by atoms with Crippen LogP contribution in [0, 0.1) is 11.8 Å². The van der Waals surface area contributed by atoms with Crippen LogP contribution in [0.1, 0.15) is 48.7 Å². The molecule has 1 spiro atoms. The number of para-hydroxylation sites is 1. The molecule has 0 radical (unpaired) electrons. The molecule has 3 aliphatic heterocycles. The number of carbonyl (C=O) groups is 2. The van der Waals surface area contributed by atoms with Gasteiger partial charge in [-0.3, -0.25) is 14.5 Å². The Morgan fingerprint density at radius 2 is 1.62 bits per heavy atom. The minimum Gasteiger partial charge on any atom is -0.396 e. The zero-order chi connectivity index (χ0) is 29.4. The molecule has 0 bridgehead atoms. The Labute approximate surface area is 244 Å². The fraction of sp³-hybridized carbons (Fsp3) is 0.314. The first-order valence-corrected chi connectivity index (χ1v) is 14.5. The zero-order valence-electron chi connectivity index (χ0n) is 23.9. The summed E-state index contributed by atoms with van der Waals surface area (Å²) in [6, 6.07) is 27.0. The van der Waals surface area contributed by atoms with Gasteiger partial charge in [-0.1, -0.05) is 61.5 Å². The Morgan fingerprint density at radius 3 is 2.33 bits per heavy atom. The molecule has 7 rings (SSSR count). The summed E-state index contributed by atoms with van der Waals surface area (Å²) in [4.78, 5) is 31.2. The van der Waals surface area contributed by atoms with Crippen LogP contribution in [0.3, 0.4) is 0 Å². The van der Waals surface area contributed by atoms with Crippen LogP contribution in [0.15, 0.2) is 84.9 Å². The van der Waals surface area contributed by atoms with Crippen LogP contribution in [0.2, 0.25) is 0 Å². The molecule has 6 nitrogen and oxygen atoms in total. The molecule has 214 valence electrons. The Hall–Kier alpha value is -4.07. The van der Waals surface area contributed by atoms with Crippen molar-refractivity contribution in [2.24, 2.45) is 11.8 Å². The Kier molecular flexibility index (Phi) is 6.05. The SMILES string of the molecule is C[C@@H]1[C@@H](C(C)(C)F)[C@H](CCO)O[C@@]12C(=O)N(Cc1ccc(N3C(=O)c4cccc5cccc3c45)cc1)c1ccccc12. The van der Waals surface area contributed by atoms with Gasteiger partial charge in [0.2, 0.25) is 0 Å². The van der Waals surface area contributed by atoms with Crippen molar-refractivity contribution >= 4 is 39.6 Å². The van der Waals surface area contributed by atoms with Crippen molar-refractivity contribution in [1.82, 2.24) is 0 Å². The van der Waals surface area contributed by atoms with E-state index in [4.69, 9.17) is 4.74 Å². The summed E-state index contributed by atoms with van der Waals surface area (Å²) in [6.45, 7) is 5.09. The average Bonchev–Trinajstić information content (AvgIpc) is 3.52. The number of aliphatic hydroxyl groups is 1. The number of ether oxygens (including phenoxy) is 1. The van der Waals surface area contributed by atoms with Gasteiger partial charge in [-0.2, -0.15) is 0 Å². The lowest BCUT2D eigenvalue weighted by atomic mass is 9.71. The van der Waals surface area contributed by atoms with Gasteiger partial charge in [-0.15, -0.1) is 0 Å². The number of alkyl halides is 1. The number of halogens is 1. The van der Waals surface area contributed by atoms with E-state index in [1.54, 1.807) is 9.80 Å². The minimum atomic E-state index is -1.60. The maximum Gasteiger partial charge on any atom is 0.264 e. The average molecular weight is 565 g/mol. The highest BCUT2D eigenvalue weighted by atomic mass is 19.1. The highest BCUT2D eigenvalue weighted by Crippen LogP contribution is 2.58. The number of carbonyl (C=O) groups excluding carboxylic acids is 2. The van der Waals surface area contributed by atoms with Crippen LogP contribution >= 0.6 is 0 Å². The van der Waals surface area contributed by atoms with Crippen molar-refractivity contribution in [3.8, 4) is 0 Å². The lowest BCUT2D eigenvalue weighted by Crippen LogP contribution is -2.45. The Bertz CT molecular complexity index is 1720. The number of hydrogen-bond acceptors (Lipinski definition) is 4. The second-order valence-electron chi connectivity index (χ2n) is 12.2. The van der Waals surface area contributed by atoms with Crippen LogP contribution in [0.4, 0.5) is 21.5 Å². The van der Waals surface area contributed by atoms with Crippen LogP contribution in [0.25, 0.3) is 10.8 Å². The van der Waals surface area contributed by atoms with Gasteiger partial charge in [-0.05, 0) is 61.5 Å². The lowest BCUT2D eigenvalue weighted by molar-refractivity contribution is -0.146. The number of benzene rings is 4. The number of aliphatic hydroxyl groups excluding tert-OH is 1. The van der Waals surface area contributed by atoms with Gasteiger partial charge < -0.3 is 14.7 Å². The number of fused-ring (bicyclic) bond motifs is 2. The van der Waals surface area contributed by atoms with E-state index in [1.807, 2.05) is 91.9 Å². The summed E-state index contributed by atoms with van der Waals surface area (Å²) in [5, 5.41) is 11.7. The number of nitrogens with zero attached hydrogens (tertiary/aromatic N) is 2. The maximum absolute atomic E-state index is 15.5. The molecule has 4 aromatic rings. The van der Waals surface area contributed by atoms with Gasteiger partial charge >= 0.3 is 0 Å². The third kappa shape index (κ3) is 3.69. The second kappa shape index (κ2) is 9.48. The van der Waals surface area contributed by atoms with Gasteiger partial charge in [0.25, 0.3) is 11.8 Å². The summed E-state index contributed by atoms with van der Waals surface area (Å²) in [6.07, 6.45) is -0.332. The Balaban J connectivity index is 1.21. The predicted molar refractivity (Wildman–Crippen MR) is 161 cm³/mol. The molecule has 42 heavy (non-hydrogen) atoms. The highest BCUT2D eigenvalue weighted by molar-refractivity contribution is 6.27. The van der Waals surface area contributed by atoms with Gasteiger partial charge in [-0.25, -0.2) is 4.39 Å². The van der Waals surface area contributed by atoms with Crippen LogP contribution in [0.5, 0.6) is 0 Å². The van der Waals surface area contributed by atoms with E-state index in [0.717, 1.165) is 39.0 Å². The van der Waals surface area contributed by atoms with Gasteiger partial charge in [0, 0.05) is 35.1 Å². The molecule has 2 amide bonds. The zero-order valence-corrected chi connectivity index (χ0v) is 23.9. The summed E-state index contributed by atoms with van der Waals surface area (Å²) < 4.78 is 22.1. The van der Waals surface area contributed by atoms with Crippen LogP contribution in [-0.2, 0) is 21.7 Å². The van der Waals surface area contributed by atoms with Crippen molar-refractivity contribution in [2.75, 3.05) is 16.4 Å². The number of rotatable bonds is 6. The summed E-state index contributed by atoms with van der Waals surface area (Å²) in [5.74, 6) is -1.28. The molecule has 0 saturated carbocycles. The van der Waals surface area contributed by atoms with Gasteiger partial charge in [0.15, 0.2) is 5.60 Å². The van der Waals surface area contributed by atoms with Gasteiger partial charge in [0.1, 0.15) is 5.67 Å². The second-order valence-corrected chi connectivity index (χ2v) is 12.2. The summed E-state index contributed by atoms with van der Waals surface area (Å²) in [5.41, 5.74) is 1.76. The van der Waals surface area contributed by atoms with Crippen molar-refractivity contribution in [2.45, 2.75) is 51.1 Å². The van der Waals surface area contributed by atoms with E-state index >= 15 is 4.39 Å². The third-order valence-corrected chi connectivity index (χ3v) is 9.37. The minimum absolute atomic E-state index is 0.0599. The molecule has 3 heterocycles. The Morgan fingerprint density at radius 1 is 0.929 bits per heavy atom. The van der Waals surface area contributed by atoms with E-state index < -0.39 is 29.2 Å². The summed E-state index contributed by atoms with van der Waals surface area (Å²) in [7, 11) is 0. The van der Waals surface area contributed by atoms with Gasteiger partial charge in [0.05, 0.1) is 29.6 Å². The predicted octanol–water partition coefficient (Wildman–Crippen LogP) is 6.66. The van der Waals surface area contributed by atoms with Crippen LogP contribution in [-0.4, -0.2) is 35.3 Å².